The van der Waals surface area contributed by atoms with Crippen LogP contribution >= 0.6 is 11.3 Å². The average Bonchev–Trinajstić information content (AvgIpc) is 2.99. The summed E-state index contributed by atoms with van der Waals surface area (Å²) in [7, 11) is -3.29. The Hall–Kier alpha value is -1.97. The monoisotopic (exact) mass is 408 g/mol. The van der Waals surface area contributed by atoms with Gasteiger partial charge in [0.05, 0.1) is 10.9 Å². The number of fused-ring (bicyclic) bond motifs is 1. The first-order valence-corrected chi connectivity index (χ1v) is 11.1. The maximum Gasteiger partial charge on any atom is 0.325 e. The van der Waals surface area contributed by atoms with E-state index in [1.54, 1.807) is 13.8 Å². The number of aryl methyl sites for hydroxylation is 2. The molecule has 2 aromatic rings. The fraction of sp³-hybridized carbons (Fsp3) is 0.444. The number of urea groups is 1. The Morgan fingerprint density at radius 2 is 1.96 bits per heavy atom. The Labute approximate surface area is 163 Å². The van der Waals surface area contributed by atoms with Crippen LogP contribution in [-0.4, -0.2) is 35.5 Å². The van der Waals surface area contributed by atoms with Crippen molar-refractivity contribution in [3.8, 4) is 0 Å². The minimum atomic E-state index is -3.29. The Morgan fingerprint density at radius 3 is 2.63 bits per heavy atom. The van der Waals surface area contributed by atoms with E-state index < -0.39 is 15.3 Å². The third-order valence-electron chi connectivity index (χ3n) is 4.64. The Balaban J connectivity index is 1.67. The summed E-state index contributed by atoms with van der Waals surface area (Å²) >= 11 is 1.32. The number of sulfonamides is 1. The van der Waals surface area contributed by atoms with Crippen LogP contribution in [0.3, 0.4) is 0 Å². The standard InChI is InChI=1S/C18H24N4O3S2/c1-11(2)27(24,25)22-8-7-15-16(10-22)26-18(20-15)21-17(23)19-14-6-5-12(3)13(4)9-14/h5-6,9,11H,7-8,10H2,1-4H3,(H2,19,20,21,23). The lowest BCUT2D eigenvalue weighted by Crippen LogP contribution is -2.39. The molecule has 0 saturated carbocycles. The highest BCUT2D eigenvalue weighted by Gasteiger charge is 2.31. The lowest BCUT2D eigenvalue weighted by atomic mass is 10.1. The average molecular weight is 409 g/mol. The van der Waals surface area contributed by atoms with Crippen molar-refractivity contribution in [2.24, 2.45) is 0 Å². The number of hydrogen-bond donors (Lipinski definition) is 2. The first-order valence-electron chi connectivity index (χ1n) is 8.79. The van der Waals surface area contributed by atoms with Crippen molar-refractivity contribution >= 4 is 38.2 Å². The number of nitrogens with one attached hydrogen (secondary N) is 2. The zero-order valence-corrected chi connectivity index (χ0v) is 17.5. The van der Waals surface area contributed by atoms with Crippen LogP contribution in [-0.2, 0) is 23.0 Å². The smallest absolute Gasteiger partial charge is 0.308 e. The van der Waals surface area contributed by atoms with E-state index in [-0.39, 0.29) is 6.03 Å². The molecule has 0 atom stereocenters. The third-order valence-corrected chi connectivity index (χ3v) is 7.86. The molecule has 2 heterocycles. The molecule has 1 aromatic heterocycles. The molecule has 1 aliphatic rings. The molecule has 1 aromatic carbocycles. The Bertz CT molecular complexity index is 967. The van der Waals surface area contributed by atoms with E-state index in [0.717, 1.165) is 21.7 Å². The number of anilines is 2. The molecule has 0 fully saturated rings. The molecule has 0 aliphatic carbocycles. The molecule has 27 heavy (non-hydrogen) atoms. The summed E-state index contributed by atoms with van der Waals surface area (Å²) in [6.07, 6.45) is 0.554. The molecular weight excluding hydrogens is 384 g/mol. The first kappa shape index (κ1) is 19.8. The minimum Gasteiger partial charge on any atom is -0.308 e. The zero-order valence-electron chi connectivity index (χ0n) is 15.9. The summed E-state index contributed by atoms with van der Waals surface area (Å²) in [5.74, 6) is 0. The van der Waals surface area contributed by atoms with Crippen LogP contribution in [0.15, 0.2) is 18.2 Å². The quantitative estimate of drug-likeness (QED) is 0.810. The van der Waals surface area contributed by atoms with Gasteiger partial charge in [-0.15, -0.1) is 0 Å². The SMILES string of the molecule is Cc1ccc(NC(=O)Nc2nc3c(s2)CN(S(=O)(=O)C(C)C)CC3)cc1C. The number of rotatable bonds is 4. The first-order chi connectivity index (χ1) is 12.7. The van der Waals surface area contributed by atoms with Gasteiger partial charge in [0.25, 0.3) is 0 Å². The van der Waals surface area contributed by atoms with Gasteiger partial charge < -0.3 is 5.32 Å². The third kappa shape index (κ3) is 4.31. The molecule has 2 amide bonds. The van der Waals surface area contributed by atoms with E-state index in [2.05, 4.69) is 15.6 Å². The van der Waals surface area contributed by atoms with Crippen molar-refractivity contribution in [3.05, 3.63) is 39.9 Å². The maximum absolute atomic E-state index is 12.4. The van der Waals surface area contributed by atoms with Gasteiger partial charge >= 0.3 is 6.03 Å². The molecular formula is C18H24N4O3S2. The second kappa shape index (κ2) is 7.57. The molecule has 7 nitrogen and oxygen atoms in total. The fourth-order valence-electron chi connectivity index (χ4n) is 2.82. The van der Waals surface area contributed by atoms with Crippen LogP contribution < -0.4 is 10.6 Å². The topological polar surface area (TPSA) is 91.4 Å². The van der Waals surface area contributed by atoms with Crippen molar-refractivity contribution in [2.75, 3.05) is 17.2 Å². The second-order valence-electron chi connectivity index (χ2n) is 6.94. The fourth-order valence-corrected chi connectivity index (χ4v) is 5.17. The predicted octanol–water partition coefficient (Wildman–Crippen LogP) is 3.50. The number of nitrogens with zero attached hydrogens (tertiary/aromatic N) is 2. The highest BCUT2D eigenvalue weighted by Crippen LogP contribution is 2.30. The van der Waals surface area contributed by atoms with Gasteiger partial charge in [-0.25, -0.2) is 18.2 Å². The van der Waals surface area contributed by atoms with Crippen molar-refractivity contribution in [1.29, 1.82) is 0 Å². The predicted molar refractivity (Wildman–Crippen MR) is 109 cm³/mol. The molecule has 0 saturated heterocycles. The van der Waals surface area contributed by atoms with Crippen LogP contribution in [0.25, 0.3) is 0 Å². The molecule has 0 radical (unpaired) electrons. The molecule has 0 bridgehead atoms. The van der Waals surface area contributed by atoms with Gasteiger partial charge in [-0.2, -0.15) is 4.31 Å². The summed E-state index contributed by atoms with van der Waals surface area (Å²) in [6.45, 7) is 8.11. The largest absolute Gasteiger partial charge is 0.325 e. The van der Waals surface area contributed by atoms with E-state index >= 15 is 0 Å². The van der Waals surface area contributed by atoms with Gasteiger partial charge in [-0.1, -0.05) is 17.4 Å². The number of amides is 2. The zero-order chi connectivity index (χ0) is 19.8. The summed E-state index contributed by atoms with van der Waals surface area (Å²) < 4.78 is 26.2. The van der Waals surface area contributed by atoms with Gasteiger partial charge in [0, 0.05) is 30.1 Å². The molecule has 0 spiro atoms. The number of aromatic nitrogens is 1. The summed E-state index contributed by atoms with van der Waals surface area (Å²) in [6, 6.07) is 5.35. The maximum atomic E-state index is 12.4. The van der Waals surface area contributed by atoms with Gasteiger partial charge in [-0.05, 0) is 51.0 Å². The summed E-state index contributed by atoms with van der Waals surface area (Å²) in [5, 5.41) is 5.57. The molecule has 2 N–H and O–H groups in total. The van der Waals surface area contributed by atoms with Gasteiger partial charge in [0.15, 0.2) is 5.13 Å². The van der Waals surface area contributed by atoms with Gasteiger partial charge in [-0.3, -0.25) is 5.32 Å². The van der Waals surface area contributed by atoms with Crippen LogP contribution in [0.2, 0.25) is 0 Å². The van der Waals surface area contributed by atoms with Crippen LogP contribution in [0, 0.1) is 13.8 Å². The number of benzene rings is 1. The van der Waals surface area contributed by atoms with Gasteiger partial charge in [0.2, 0.25) is 10.0 Å². The van der Waals surface area contributed by atoms with Crippen molar-refractivity contribution < 1.29 is 13.2 Å². The molecule has 1 aliphatic heterocycles. The molecule has 0 unspecified atom stereocenters. The van der Waals surface area contributed by atoms with Crippen molar-refractivity contribution in [1.82, 2.24) is 9.29 Å². The second-order valence-corrected chi connectivity index (χ2v) is 10.5. The van der Waals surface area contributed by atoms with Crippen molar-refractivity contribution in [2.45, 2.75) is 45.9 Å². The van der Waals surface area contributed by atoms with E-state index in [1.165, 1.54) is 15.6 Å². The lowest BCUT2D eigenvalue weighted by Gasteiger charge is -2.26. The minimum absolute atomic E-state index is 0.313. The van der Waals surface area contributed by atoms with E-state index in [1.807, 2.05) is 32.0 Å². The Morgan fingerprint density at radius 1 is 1.22 bits per heavy atom. The van der Waals surface area contributed by atoms with Crippen molar-refractivity contribution in [3.63, 3.8) is 0 Å². The molecule has 9 heteroatoms. The molecule has 146 valence electrons. The van der Waals surface area contributed by atoms with E-state index in [4.69, 9.17) is 0 Å². The lowest BCUT2D eigenvalue weighted by molar-refractivity contribution is 0.262. The number of hydrogen-bond acceptors (Lipinski definition) is 5. The Kier molecular flexibility index (Phi) is 5.55. The van der Waals surface area contributed by atoms with Crippen LogP contribution in [0.1, 0.15) is 35.5 Å². The number of thiazole rings is 1. The molecule has 3 rings (SSSR count). The van der Waals surface area contributed by atoms with Crippen LogP contribution in [0.4, 0.5) is 15.6 Å². The number of carbonyl (C=O) groups excluding carboxylic acids is 1. The highest BCUT2D eigenvalue weighted by atomic mass is 32.2. The summed E-state index contributed by atoms with van der Waals surface area (Å²) in [5.41, 5.74) is 3.83. The van der Waals surface area contributed by atoms with Gasteiger partial charge in [0.1, 0.15) is 0 Å². The highest BCUT2D eigenvalue weighted by molar-refractivity contribution is 7.89. The van der Waals surface area contributed by atoms with E-state index in [0.29, 0.717) is 30.3 Å². The number of carbonyl (C=O) groups is 1. The normalized spacial score (nSPS) is 14.9. The van der Waals surface area contributed by atoms with E-state index in [9.17, 15) is 13.2 Å². The summed E-state index contributed by atoms with van der Waals surface area (Å²) in [4.78, 5) is 17.6. The van der Waals surface area contributed by atoms with Crippen LogP contribution in [0.5, 0.6) is 0 Å².